The predicted octanol–water partition coefficient (Wildman–Crippen LogP) is -1.66. The van der Waals surface area contributed by atoms with E-state index in [9.17, 15) is 10.2 Å². The highest BCUT2D eigenvalue weighted by atomic mass is 16.3. The summed E-state index contributed by atoms with van der Waals surface area (Å²) in [5, 5.41) is 36.6. The SMILES string of the molecule is CC(O)CN(CCO)CCN(CCO)CC(C)O. The first-order valence-electron chi connectivity index (χ1n) is 6.52. The average molecular weight is 264 g/mol. The standard InChI is InChI=1S/C12H28N2O4/c1-11(17)9-13(5-7-15)3-4-14(6-8-16)10-12(2)18/h11-12,15-18H,3-10H2,1-2H3. The lowest BCUT2D eigenvalue weighted by Gasteiger charge is -2.28. The third kappa shape index (κ3) is 9.76. The minimum atomic E-state index is -0.431. The lowest BCUT2D eigenvalue weighted by Crippen LogP contribution is -2.42. The van der Waals surface area contributed by atoms with Gasteiger partial charge in [0.1, 0.15) is 0 Å². The Balaban J connectivity index is 4.09. The fourth-order valence-corrected chi connectivity index (χ4v) is 1.90. The number of hydrogen-bond acceptors (Lipinski definition) is 6. The smallest absolute Gasteiger partial charge is 0.0639 e. The Hall–Kier alpha value is -0.240. The maximum Gasteiger partial charge on any atom is 0.0639 e. The highest BCUT2D eigenvalue weighted by Crippen LogP contribution is 1.97. The topological polar surface area (TPSA) is 87.4 Å². The van der Waals surface area contributed by atoms with Crippen molar-refractivity contribution in [3.05, 3.63) is 0 Å². The molecule has 0 rings (SSSR count). The van der Waals surface area contributed by atoms with Gasteiger partial charge in [-0.25, -0.2) is 0 Å². The molecule has 0 aromatic heterocycles. The van der Waals surface area contributed by atoms with Crippen molar-refractivity contribution in [3.8, 4) is 0 Å². The van der Waals surface area contributed by atoms with E-state index < -0.39 is 12.2 Å². The summed E-state index contributed by atoms with van der Waals surface area (Å²) in [4.78, 5) is 3.94. The van der Waals surface area contributed by atoms with E-state index in [-0.39, 0.29) is 13.2 Å². The van der Waals surface area contributed by atoms with Crippen molar-refractivity contribution in [1.82, 2.24) is 9.80 Å². The Kier molecular flexibility index (Phi) is 10.5. The summed E-state index contributed by atoms with van der Waals surface area (Å²) in [5.74, 6) is 0. The summed E-state index contributed by atoms with van der Waals surface area (Å²) < 4.78 is 0. The van der Waals surface area contributed by atoms with E-state index in [1.807, 2.05) is 9.80 Å². The van der Waals surface area contributed by atoms with Crippen molar-refractivity contribution in [2.75, 3.05) is 52.5 Å². The first-order valence-corrected chi connectivity index (χ1v) is 6.52. The molecule has 0 saturated carbocycles. The van der Waals surface area contributed by atoms with Gasteiger partial charge in [-0.15, -0.1) is 0 Å². The molecule has 0 amide bonds. The molecule has 0 radical (unpaired) electrons. The van der Waals surface area contributed by atoms with E-state index in [1.165, 1.54) is 0 Å². The van der Waals surface area contributed by atoms with Crippen LogP contribution in [0.25, 0.3) is 0 Å². The fourth-order valence-electron chi connectivity index (χ4n) is 1.90. The molecule has 4 N–H and O–H groups in total. The summed E-state index contributed by atoms with van der Waals surface area (Å²) in [7, 11) is 0. The van der Waals surface area contributed by atoms with Crippen LogP contribution in [0.4, 0.5) is 0 Å². The number of aliphatic hydroxyl groups is 4. The lowest BCUT2D eigenvalue weighted by atomic mass is 10.3. The quantitative estimate of drug-likeness (QED) is 0.357. The molecule has 6 heteroatoms. The Bertz CT molecular complexity index is 171. The molecule has 6 nitrogen and oxygen atoms in total. The Labute approximate surface area is 109 Å². The minimum Gasteiger partial charge on any atom is -0.395 e. The van der Waals surface area contributed by atoms with Crippen LogP contribution in [0.5, 0.6) is 0 Å². The summed E-state index contributed by atoms with van der Waals surface area (Å²) in [6.07, 6.45) is -0.862. The van der Waals surface area contributed by atoms with Crippen LogP contribution < -0.4 is 0 Å². The molecule has 0 fully saturated rings. The summed E-state index contributed by atoms with van der Waals surface area (Å²) in [6, 6.07) is 0. The van der Waals surface area contributed by atoms with Gasteiger partial charge in [0.15, 0.2) is 0 Å². The van der Waals surface area contributed by atoms with Crippen LogP contribution >= 0.6 is 0 Å². The number of nitrogens with zero attached hydrogens (tertiary/aromatic N) is 2. The van der Waals surface area contributed by atoms with Crippen molar-refractivity contribution < 1.29 is 20.4 Å². The van der Waals surface area contributed by atoms with Crippen LogP contribution in [0.1, 0.15) is 13.8 Å². The third-order valence-electron chi connectivity index (χ3n) is 2.61. The monoisotopic (exact) mass is 264 g/mol. The Morgan fingerprint density at radius 3 is 1.28 bits per heavy atom. The summed E-state index contributed by atoms with van der Waals surface area (Å²) in [5.41, 5.74) is 0. The van der Waals surface area contributed by atoms with Crippen molar-refractivity contribution in [2.24, 2.45) is 0 Å². The largest absolute Gasteiger partial charge is 0.395 e. The molecular weight excluding hydrogens is 236 g/mol. The lowest BCUT2D eigenvalue weighted by molar-refractivity contribution is 0.0801. The van der Waals surface area contributed by atoms with Crippen molar-refractivity contribution in [2.45, 2.75) is 26.1 Å². The third-order valence-corrected chi connectivity index (χ3v) is 2.61. The first-order chi connectivity index (χ1) is 8.49. The van der Waals surface area contributed by atoms with E-state index >= 15 is 0 Å². The second kappa shape index (κ2) is 10.7. The zero-order valence-corrected chi connectivity index (χ0v) is 11.5. The molecule has 110 valence electrons. The van der Waals surface area contributed by atoms with E-state index in [1.54, 1.807) is 13.8 Å². The Morgan fingerprint density at radius 2 is 1.06 bits per heavy atom. The van der Waals surface area contributed by atoms with E-state index in [2.05, 4.69) is 0 Å². The van der Waals surface area contributed by atoms with Gasteiger partial charge in [-0.1, -0.05) is 0 Å². The molecule has 0 aromatic rings. The molecule has 0 bridgehead atoms. The number of aliphatic hydroxyl groups excluding tert-OH is 4. The van der Waals surface area contributed by atoms with E-state index in [0.29, 0.717) is 39.3 Å². The zero-order valence-electron chi connectivity index (χ0n) is 11.5. The molecule has 2 unspecified atom stereocenters. The molecule has 0 aromatic carbocycles. The molecule has 0 saturated heterocycles. The van der Waals surface area contributed by atoms with Crippen LogP contribution in [-0.4, -0.2) is 94.9 Å². The number of rotatable bonds is 11. The van der Waals surface area contributed by atoms with Crippen molar-refractivity contribution in [3.63, 3.8) is 0 Å². The van der Waals surface area contributed by atoms with Gasteiger partial charge < -0.3 is 20.4 Å². The molecule has 0 spiro atoms. The highest BCUT2D eigenvalue weighted by Gasteiger charge is 2.12. The molecule has 2 atom stereocenters. The maximum atomic E-state index is 9.35. The van der Waals surface area contributed by atoms with Crippen molar-refractivity contribution in [1.29, 1.82) is 0 Å². The highest BCUT2D eigenvalue weighted by molar-refractivity contribution is 4.67. The maximum absolute atomic E-state index is 9.35. The van der Waals surface area contributed by atoms with Gasteiger partial charge in [-0.05, 0) is 13.8 Å². The molecule has 0 aliphatic rings. The number of hydrogen-bond donors (Lipinski definition) is 4. The van der Waals surface area contributed by atoms with Gasteiger partial charge in [0.25, 0.3) is 0 Å². The second-order valence-electron chi connectivity index (χ2n) is 4.75. The van der Waals surface area contributed by atoms with E-state index in [4.69, 9.17) is 10.2 Å². The van der Waals surface area contributed by atoms with Gasteiger partial charge in [-0.3, -0.25) is 9.80 Å². The van der Waals surface area contributed by atoms with Crippen molar-refractivity contribution >= 4 is 0 Å². The molecule has 0 aliphatic heterocycles. The molecule has 0 heterocycles. The minimum absolute atomic E-state index is 0.0587. The summed E-state index contributed by atoms with van der Waals surface area (Å²) in [6.45, 7) is 7.00. The first kappa shape index (κ1) is 17.8. The Morgan fingerprint density at radius 1 is 0.722 bits per heavy atom. The molecule has 18 heavy (non-hydrogen) atoms. The fraction of sp³-hybridized carbons (Fsp3) is 1.00. The molecular formula is C12H28N2O4. The zero-order chi connectivity index (χ0) is 14.0. The van der Waals surface area contributed by atoms with Gasteiger partial charge in [0.05, 0.1) is 25.4 Å². The van der Waals surface area contributed by atoms with Gasteiger partial charge >= 0.3 is 0 Å². The van der Waals surface area contributed by atoms with Crippen LogP contribution in [0.15, 0.2) is 0 Å². The average Bonchev–Trinajstić information content (AvgIpc) is 2.24. The van der Waals surface area contributed by atoms with E-state index in [0.717, 1.165) is 0 Å². The van der Waals surface area contributed by atoms with Crippen LogP contribution in [0, 0.1) is 0 Å². The van der Waals surface area contributed by atoms with Crippen LogP contribution in [0.3, 0.4) is 0 Å². The van der Waals surface area contributed by atoms with Gasteiger partial charge in [0, 0.05) is 39.3 Å². The second-order valence-corrected chi connectivity index (χ2v) is 4.75. The van der Waals surface area contributed by atoms with Crippen LogP contribution in [0.2, 0.25) is 0 Å². The summed E-state index contributed by atoms with van der Waals surface area (Å²) >= 11 is 0. The van der Waals surface area contributed by atoms with Crippen LogP contribution in [-0.2, 0) is 0 Å². The van der Waals surface area contributed by atoms with Gasteiger partial charge in [-0.2, -0.15) is 0 Å². The normalized spacial score (nSPS) is 15.3. The predicted molar refractivity (Wildman–Crippen MR) is 70.4 cm³/mol. The van der Waals surface area contributed by atoms with Gasteiger partial charge in [0.2, 0.25) is 0 Å². The molecule has 0 aliphatic carbocycles.